The van der Waals surface area contributed by atoms with E-state index in [2.05, 4.69) is 20.2 Å². The van der Waals surface area contributed by atoms with Gasteiger partial charge >= 0.3 is 5.97 Å². The molecule has 7 heteroatoms. The van der Waals surface area contributed by atoms with Gasteiger partial charge in [0.2, 0.25) is 0 Å². The topological polar surface area (TPSA) is 66.8 Å². The third-order valence-electron chi connectivity index (χ3n) is 4.04. The maximum Gasteiger partial charge on any atom is 0.310 e. The van der Waals surface area contributed by atoms with Gasteiger partial charge in [0.05, 0.1) is 12.5 Å². The van der Waals surface area contributed by atoms with Crippen molar-refractivity contribution in [2.24, 2.45) is 10.9 Å². The van der Waals surface area contributed by atoms with Gasteiger partial charge in [0.25, 0.3) is 0 Å². The average molecular weight is 353 g/mol. The van der Waals surface area contributed by atoms with Crippen LogP contribution in [0.5, 0.6) is 0 Å². The number of aliphatic imine (C=N–C) groups is 1. The first-order chi connectivity index (χ1) is 11.6. The fourth-order valence-corrected chi connectivity index (χ4v) is 2.94. The van der Waals surface area contributed by atoms with Crippen molar-refractivity contribution < 1.29 is 9.53 Å². The number of nitrogens with zero attached hydrogens (tertiary/aromatic N) is 3. The van der Waals surface area contributed by atoms with Crippen molar-refractivity contribution in [1.29, 1.82) is 0 Å². The molecule has 1 aromatic heterocycles. The largest absolute Gasteiger partial charge is 0.466 e. The Morgan fingerprint density at radius 3 is 3.04 bits per heavy atom. The number of hydrogen-bond donors (Lipinski definition) is 1. The van der Waals surface area contributed by atoms with E-state index in [4.69, 9.17) is 16.3 Å². The summed E-state index contributed by atoms with van der Waals surface area (Å²) in [6.45, 7) is 4.57. The minimum atomic E-state index is -0.107. The Kier molecular flexibility index (Phi) is 7.31. The van der Waals surface area contributed by atoms with E-state index >= 15 is 0 Å². The molecule has 2 rings (SSSR count). The highest BCUT2D eigenvalue weighted by atomic mass is 35.5. The molecule has 1 atom stereocenters. The van der Waals surface area contributed by atoms with Crippen molar-refractivity contribution in [1.82, 2.24) is 15.2 Å². The highest BCUT2D eigenvalue weighted by molar-refractivity contribution is 6.29. The number of hydrogen-bond acceptors (Lipinski definition) is 4. The van der Waals surface area contributed by atoms with Crippen LogP contribution in [0.4, 0.5) is 0 Å². The number of aromatic nitrogens is 1. The number of guanidine groups is 1. The lowest BCUT2D eigenvalue weighted by atomic mass is 9.98. The zero-order chi connectivity index (χ0) is 17.4. The normalized spacial score (nSPS) is 18.4. The van der Waals surface area contributed by atoms with Crippen molar-refractivity contribution in [2.45, 2.75) is 26.2 Å². The second-order valence-corrected chi connectivity index (χ2v) is 6.14. The van der Waals surface area contributed by atoms with Crippen molar-refractivity contribution in [3.8, 4) is 0 Å². The molecule has 132 valence electrons. The summed E-state index contributed by atoms with van der Waals surface area (Å²) >= 11 is 5.79. The van der Waals surface area contributed by atoms with Crippen LogP contribution < -0.4 is 5.32 Å². The van der Waals surface area contributed by atoms with E-state index in [0.29, 0.717) is 18.3 Å². The van der Waals surface area contributed by atoms with Crippen molar-refractivity contribution >= 4 is 23.5 Å². The summed E-state index contributed by atoms with van der Waals surface area (Å²) in [5.41, 5.74) is 1.12. The van der Waals surface area contributed by atoms with Gasteiger partial charge in [-0.05, 0) is 37.8 Å². The van der Waals surface area contributed by atoms with Gasteiger partial charge in [0, 0.05) is 32.9 Å². The Bertz CT molecular complexity index is 562. The quantitative estimate of drug-likeness (QED) is 0.380. The number of piperidine rings is 1. The van der Waals surface area contributed by atoms with Gasteiger partial charge in [-0.25, -0.2) is 4.98 Å². The molecule has 0 saturated carbocycles. The molecular weight excluding hydrogens is 328 g/mol. The zero-order valence-electron chi connectivity index (χ0n) is 14.3. The number of rotatable bonds is 5. The van der Waals surface area contributed by atoms with Crippen LogP contribution in [0.2, 0.25) is 5.15 Å². The van der Waals surface area contributed by atoms with Crippen LogP contribution in [0.3, 0.4) is 0 Å². The van der Waals surface area contributed by atoms with Crippen LogP contribution >= 0.6 is 11.6 Å². The molecule has 6 nitrogen and oxygen atoms in total. The monoisotopic (exact) mass is 352 g/mol. The van der Waals surface area contributed by atoms with E-state index in [1.807, 2.05) is 13.0 Å². The highest BCUT2D eigenvalue weighted by Gasteiger charge is 2.28. The first-order valence-corrected chi connectivity index (χ1v) is 8.74. The number of carbonyl (C=O) groups is 1. The van der Waals surface area contributed by atoms with Crippen LogP contribution in [-0.4, -0.2) is 55.1 Å². The zero-order valence-corrected chi connectivity index (χ0v) is 15.1. The number of pyridine rings is 1. The fraction of sp³-hybridized carbons (Fsp3) is 0.588. The second kappa shape index (κ2) is 9.47. The third-order valence-corrected chi connectivity index (χ3v) is 4.26. The summed E-state index contributed by atoms with van der Waals surface area (Å²) in [6, 6.07) is 3.76. The molecule has 1 aliphatic rings. The van der Waals surface area contributed by atoms with Gasteiger partial charge < -0.3 is 15.0 Å². The molecule has 1 saturated heterocycles. The molecule has 0 aromatic carbocycles. The summed E-state index contributed by atoms with van der Waals surface area (Å²) in [4.78, 5) is 22.5. The Morgan fingerprint density at radius 2 is 2.38 bits per heavy atom. The molecule has 2 heterocycles. The first kappa shape index (κ1) is 18.5. The van der Waals surface area contributed by atoms with E-state index in [9.17, 15) is 4.79 Å². The smallest absolute Gasteiger partial charge is 0.310 e. The molecule has 0 unspecified atom stereocenters. The molecule has 24 heavy (non-hydrogen) atoms. The predicted molar refractivity (Wildman–Crippen MR) is 95.2 cm³/mol. The van der Waals surface area contributed by atoms with Crippen molar-refractivity contribution in [3.05, 3.63) is 29.0 Å². The van der Waals surface area contributed by atoms with Crippen LogP contribution in [0, 0.1) is 5.92 Å². The van der Waals surface area contributed by atoms with Gasteiger partial charge in [-0.1, -0.05) is 17.7 Å². The maximum absolute atomic E-state index is 12.0. The number of halogens is 1. The highest BCUT2D eigenvalue weighted by Crippen LogP contribution is 2.18. The SMILES string of the molecule is CCOC(=O)[C@H]1CCCN(C(=NC)NCCc2ccc(Cl)nc2)C1. The molecule has 1 aliphatic heterocycles. The summed E-state index contributed by atoms with van der Waals surface area (Å²) < 4.78 is 5.15. The van der Waals surface area contributed by atoms with E-state index in [1.54, 1.807) is 19.3 Å². The van der Waals surface area contributed by atoms with Crippen LogP contribution in [0.25, 0.3) is 0 Å². The average Bonchev–Trinajstić information content (AvgIpc) is 2.60. The minimum Gasteiger partial charge on any atom is -0.466 e. The lowest BCUT2D eigenvalue weighted by Crippen LogP contribution is -2.48. The second-order valence-electron chi connectivity index (χ2n) is 5.75. The molecule has 1 fully saturated rings. The van der Waals surface area contributed by atoms with Gasteiger partial charge in [-0.3, -0.25) is 9.79 Å². The molecule has 1 N–H and O–H groups in total. The van der Waals surface area contributed by atoms with Gasteiger partial charge in [0.15, 0.2) is 5.96 Å². The number of likely N-dealkylation sites (tertiary alicyclic amines) is 1. The molecule has 0 spiro atoms. The summed E-state index contributed by atoms with van der Waals surface area (Å²) in [7, 11) is 1.76. The summed E-state index contributed by atoms with van der Waals surface area (Å²) in [5.74, 6) is 0.647. The first-order valence-electron chi connectivity index (χ1n) is 8.36. The molecule has 0 amide bonds. The number of esters is 1. The molecule has 0 radical (unpaired) electrons. The Morgan fingerprint density at radius 1 is 1.54 bits per heavy atom. The summed E-state index contributed by atoms with van der Waals surface area (Å²) in [6.07, 6.45) is 4.46. The molecule has 1 aromatic rings. The van der Waals surface area contributed by atoms with Gasteiger partial charge in [0.1, 0.15) is 5.15 Å². The van der Waals surface area contributed by atoms with E-state index < -0.39 is 0 Å². The van der Waals surface area contributed by atoms with Crippen LogP contribution in [0.15, 0.2) is 23.3 Å². The van der Waals surface area contributed by atoms with Crippen LogP contribution in [-0.2, 0) is 16.0 Å². The number of carbonyl (C=O) groups excluding carboxylic acids is 1. The number of nitrogens with one attached hydrogen (secondary N) is 1. The third kappa shape index (κ3) is 5.37. The molecule has 0 aliphatic carbocycles. The van der Waals surface area contributed by atoms with Crippen molar-refractivity contribution in [2.75, 3.05) is 33.3 Å². The van der Waals surface area contributed by atoms with E-state index in [0.717, 1.165) is 43.9 Å². The van der Waals surface area contributed by atoms with Gasteiger partial charge in [-0.2, -0.15) is 0 Å². The Labute approximate surface area is 148 Å². The Hall–Kier alpha value is -1.82. The van der Waals surface area contributed by atoms with E-state index in [-0.39, 0.29) is 11.9 Å². The lowest BCUT2D eigenvalue weighted by molar-refractivity contribution is -0.149. The Balaban J connectivity index is 1.84. The summed E-state index contributed by atoms with van der Waals surface area (Å²) in [5, 5.41) is 3.86. The van der Waals surface area contributed by atoms with Crippen LogP contribution in [0.1, 0.15) is 25.3 Å². The molecular formula is C17H25ClN4O2. The number of ether oxygens (including phenoxy) is 1. The fourth-order valence-electron chi connectivity index (χ4n) is 2.83. The van der Waals surface area contributed by atoms with Crippen molar-refractivity contribution in [3.63, 3.8) is 0 Å². The van der Waals surface area contributed by atoms with Gasteiger partial charge in [-0.15, -0.1) is 0 Å². The van der Waals surface area contributed by atoms with E-state index in [1.165, 1.54) is 0 Å². The standard InChI is InChI=1S/C17H25ClN4O2/c1-3-24-16(23)14-5-4-10-22(12-14)17(19-2)20-9-8-13-6-7-15(18)21-11-13/h6-7,11,14H,3-5,8-10,12H2,1-2H3,(H,19,20)/t14-/m0/s1. The minimum absolute atomic E-state index is 0.0716. The predicted octanol–water partition coefficient (Wildman–Crippen LogP) is 2.13. The lowest BCUT2D eigenvalue weighted by Gasteiger charge is -2.33. The maximum atomic E-state index is 12.0. The molecule has 0 bridgehead atoms.